The second-order valence-electron chi connectivity index (χ2n) is 5.55. The molecule has 1 fully saturated rings. The van der Waals surface area contributed by atoms with Gasteiger partial charge >= 0.3 is 0 Å². The second kappa shape index (κ2) is 6.23. The van der Waals surface area contributed by atoms with Crippen molar-refractivity contribution in [2.45, 2.75) is 44.8 Å². The van der Waals surface area contributed by atoms with E-state index in [-0.39, 0.29) is 0 Å². The molecule has 2 unspecified atom stereocenters. The highest BCUT2D eigenvalue weighted by Crippen LogP contribution is 2.26. The SMILES string of the molecule is CCCC1CC(Nc2cccc3cnccc23)CCO1. The van der Waals surface area contributed by atoms with Gasteiger partial charge in [0, 0.05) is 41.5 Å². The third-order valence-corrected chi connectivity index (χ3v) is 4.02. The molecular formula is C17H22N2O. The Kier molecular flexibility index (Phi) is 4.16. The number of nitrogens with one attached hydrogen (secondary N) is 1. The van der Waals surface area contributed by atoms with Crippen molar-refractivity contribution in [1.82, 2.24) is 4.98 Å². The van der Waals surface area contributed by atoms with Crippen molar-refractivity contribution in [2.75, 3.05) is 11.9 Å². The fourth-order valence-corrected chi connectivity index (χ4v) is 3.00. The first-order valence-electron chi connectivity index (χ1n) is 7.57. The first-order valence-corrected chi connectivity index (χ1v) is 7.57. The lowest BCUT2D eigenvalue weighted by atomic mass is 9.99. The Bertz CT molecular complexity index is 562. The van der Waals surface area contributed by atoms with E-state index < -0.39 is 0 Å². The average molecular weight is 270 g/mol. The van der Waals surface area contributed by atoms with Gasteiger partial charge in [0.15, 0.2) is 0 Å². The van der Waals surface area contributed by atoms with Gasteiger partial charge in [0.25, 0.3) is 0 Å². The summed E-state index contributed by atoms with van der Waals surface area (Å²) in [5.41, 5.74) is 1.21. The van der Waals surface area contributed by atoms with E-state index in [9.17, 15) is 0 Å². The number of ether oxygens (including phenoxy) is 1. The van der Waals surface area contributed by atoms with Gasteiger partial charge in [-0.3, -0.25) is 4.98 Å². The molecule has 2 heterocycles. The number of benzene rings is 1. The highest BCUT2D eigenvalue weighted by molar-refractivity contribution is 5.93. The summed E-state index contributed by atoms with van der Waals surface area (Å²) < 4.78 is 5.82. The van der Waals surface area contributed by atoms with Crippen molar-refractivity contribution in [3.63, 3.8) is 0 Å². The molecule has 3 heteroatoms. The second-order valence-corrected chi connectivity index (χ2v) is 5.55. The molecular weight excluding hydrogens is 248 g/mol. The van der Waals surface area contributed by atoms with Crippen LogP contribution in [0.25, 0.3) is 10.8 Å². The Hall–Kier alpha value is -1.61. The summed E-state index contributed by atoms with van der Waals surface area (Å²) in [4.78, 5) is 4.19. The zero-order valence-electron chi connectivity index (χ0n) is 12.0. The summed E-state index contributed by atoms with van der Waals surface area (Å²) in [6.45, 7) is 3.09. The minimum atomic E-state index is 0.419. The van der Waals surface area contributed by atoms with Gasteiger partial charge in [-0.2, -0.15) is 0 Å². The molecule has 1 saturated heterocycles. The highest BCUT2D eigenvalue weighted by Gasteiger charge is 2.22. The summed E-state index contributed by atoms with van der Waals surface area (Å²) in [5, 5.41) is 6.14. The van der Waals surface area contributed by atoms with Crippen LogP contribution in [0.1, 0.15) is 32.6 Å². The molecule has 1 aliphatic heterocycles. The van der Waals surface area contributed by atoms with Crippen LogP contribution in [-0.2, 0) is 4.74 Å². The molecule has 1 aliphatic rings. The molecule has 106 valence electrons. The normalized spacial score (nSPS) is 22.9. The Morgan fingerprint density at radius 1 is 1.35 bits per heavy atom. The molecule has 20 heavy (non-hydrogen) atoms. The predicted molar refractivity (Wildman–Crippen MR) is 83.0 cm³/mol. The van der Waals surface area contributed by atoms with Gasteiger partial charge < -0.3 is 10.1 Å². The van der Waals surface area contributed by atoms with E-state index in [1.165, 1.54) is 22.9 Å². The van der Waals surface area contributed by atoms with E-state index in [1.54, 1.807) is 0 Å². The Labute approximate surface area is 120 Å². The number of nitrogens with zero attached hydrogens (tertiary/aromatic N) is 1. The van der Waals surface area contributed by atoms with E-state index in [0.29, 0.717) is 12.1 Å². The van der Waals surface area contributed by atoms with Crippen LogP contribution in [0.4, 0.5) is 5.69 Å². The molecule has 1 N–H and O–H groups in total. The van der Waals surface area contributed by atoms with Crippen LogP contribution >= 0.6 is 0 Å². The van der Waals surface area contributed by atoms with Crippen molar-refractivity contribution in [3.8, 4) is 0 Å². The largest absolute Gasteiger partial charge is 0.382 e. The number of fused-ring (bicyclic) bond motifs is 1. The standard InChI is InChI=1S/C17H22N2O/c1-2-4-15-11-14(8-10-20-15)19-17-6-3-5-13-12-18-9-7-16(13)17/h3,5-7,9,12,14-15,19H,2,4,8,10-11H2,1H3. The summed E-state index contributed by atoms with van der Waals surface area (Å²) in [5.74, 6) is 0. The van der Waals surface area contributed by atoms with Gasteiger partial charge in [-0.15, -0.1) is 0 Å². The molecule has 0 amide bonds. The molecule has 0 bridgehead atoms. The zero-order valence-corrected chi connectivity index (χ0v) is 12.0. The molecule has 0 radical (unpaired) electrons. The van der Waals surface area contributed by atoms with Crippen LogP contribution in [-0.4, -0.2) is 23.7 Å². The lowest BCUT2D eigenvalue weighted by Crippen LogP contribution is -2.34. The Morgan fingerprint density at radius 2 is 2.30 bits per heavy atom. The van der Waals surface area contributed by atoms with Crippen LogP contribution in [0.15, 0.2) is 36.7 Å². The van der Waals surface area contributed by atoms with E-state index in [2.05, 4.69) is 41.5 Å². The fourth-order valence-electron chi connectivity index (χ4n) is 3.00. The van der Waals surface area contributed by atoms with Crippen molar-refractivity contribution < 1.29 is 4.74 Å². The van der Waals surface area contributed by atoms with Gasteiger partial charge in [0.05, 0.1) is 6.10 Å². The third kappa shape index (κ3) is 2.93. The van der Waals surface area contributed by atoms with Crippen LogP contribution in [0.2, 0.25) is 0 Å². The Balaban J connectivity index is 1.76. The maximum absolute atomic E-state index is 5.82. The molecule has 3 rings (SSSR count). The van der Waals surface area contributed by atoms with Crippen molar-refractivity contribution in [2.24, 2.45) is 0 Å². The number of hydrogen-bond donors (Lipinski definition) is 1. The average Bonchev–Trinajstić information content (AvgIpc) is 2.48. The summed E-state index contributed by atoms with van der Waals surface area (Å²) >= 11 is 0. The van der Waals surface area contributed by atoms with Crippen molar-refractivity contribution >= 4 is 16.5 Å². The first-order chi connectivity index (χ1) is 9.86. The van der Waals surface area contributed by atoms with Crippen LogP contribution in [0, 0.1) is 0 Å². The van der Waals surface area contributed by atoms with Crippen LogP contribution in [0.3, 0.4) is 0 Å². The van der Waals surface area contributed by atoms with Gasteiger partial charge in [0.1, 0.15) is 0 Å². The zero-order chi connectivity index (χ0) is 13.8. The maximum atomic E-state index is 5.82. The van der Waals surface area contributed by atoms with E-state index in [1.807, 2.05) is 12.4 Å². The van der Waals surface area contributed by atoms with Gasteiger partial charge in [-0.25, -0.2) is 0 Å². The monoisotopic (exact) mass is 270 g/mol. The number of aromatic nitrogens is 1. The topological polar surface area (TPSA) is 34.2 Å². The summed E-state index contributed by atoms with van der Waals surface area (Å²) in [7, 11) is 0. The summed E-state index contributed by atoms with van der Waals surface area (Å²) in [6, 6.07) is 8.96. The lowest BCUT2D eigenvalue weighted by molar-refractivity contribution is 0.00599. The van der Waals surface area contributed by atoms with Gasteiger partial charge in [0.2, 0.25) is 0 Å². The first kappa shape index (κ1) is 13.4. The number of pyridine rings is 1. The molecule has 2 aromatic rings. The molecule has 0 spiro atoms. The smallest absolute Gasteiger partial charge is 0.0594 e. The Morgan fingerprint density at radius 3 is 3.20 bits per heavy atom. The van der Waals surface area contributed by atoms with Crippen molar-refractivity contribution in [3.05, 3.63) is 36.7 Å². The quantitative estimate of drug-likeness (QED) is 0.912. The molecule has 0 aliphatic carbocycles. The van der Waals surface area contributed by atoms with E-state index >= 15 is 0 Å². The highest BCUT2D eigenvalue weighted by atomic mass is 16.5. The maximum Gasteiger partial charge on any atom is 0.0594 e. The summed E-state index contributed by atoms with van der Waals surface area (Å²) in [6.07, 6.45) is 8.75. The molecule has 0 saturated carbocycles. The number of rotatable bonds is 4. The van der Waals surface area contributed by atoms with Crippen molar-refractivity contribution in [1.29, 1.82) is 0 Å². The fraction of sp³-hybridized carbons (Fsp3) is 0.471. The molecule has 2 atom stereocenters. The van der Waals surface area contributed by atoms with E-state index in [4.69, 9.17) is 4.74 Å². The predicted octanol–water partition coefficient (Wildman–Crippen LogP) is 3.99. The van der Waals surface area contributed by atoms with Gasteiger partial charge in [-0.1, -0.05) is 25.5 Å². The molecule has 1 aromatic carbocycles. The lowest BCUT2D eigenvalue weighted by Gasteiger charge is -2.31. The van der Waals surface area contributed by atoms with Gasteiger partial charge in [-0.05, 0) is 31.4 Å². The third-order valence-electron chi connectivity index (χ3n) is 4.02. The molecule has 1 aromatic heterocycles. The minimum absolute atomic E-state index is 0.419. The molecule has 3 nitrogen and oxygen atoms in total. The van der Waals surface area contributed by atoms with E-state index in [0.717, 1.165) is 25.9 Å². The number of hydrogen-bond acceptors (Lipinski definition) is 3. The van der Waals surface area contributed by atoms with Crippen LogP contribution < -0.4 is 5.32 Å². The minimum Gasteiger partial charge on any atom is -0.382 e. The number of anilines is 1. The van der Waals surface area contributed by atoms with Crippen LogP contribution in [0.5, 0.6) is 0 Å².